The van der Waals surface area contributed by atoms with Crippen molar-refractivity contribution < 1.29 is 18.4 Å². The zero-order chi connectivity index (χ0) is 20.1. The minimum absolute atomic E-state index is 0.122. The first-order valence-electron chi connectivity index (χ1n) is 9.04. The van der Waals surface area contributed by atoms with Gasteiger partial charge in [0.05, 0.1) is 6.04 Å². The molecule has 6 nitrogen and oxygen atoms in total. The quantitative estimate of drug-likeness (QED) is 0.660. The summed E-state index contributed by atoms with van der Waals surface area (Å²) in [6.45, 7) is 5.69. The molecule has 3 rings (SSSR count). The van der Waals surface area contributed by atoms with Gasteiger partial charge in [0.2, 0.25) is 0 Å². The first kappa shape index (κ1) is 19.5. The number of amides is 1. The molecule has 0 saturated heterocycles. The summed E-state index contributed by atoms with van der Waals surface area (Å²) in [4.78, 5) is 16.4. The van der Waals surface area contributed by atoms with E-state index in [1.165, 1.54) is 12.1 Å². The maximum atomic E-state index is 13.0. The summed E-state index contributed by atoms with van der Waals surface area (Å²) < 4.78 is 23.7. The topological polar surface area (TPSA) is 77.2 Å². The van der Waals surface area contributed by atoms with Crippen molar-refractivity contribution in [1.29, 1.82) is 0 Å². The van der Waals surface area contributed by atoms with Crippen molar-refractivity contribution >= 4 is 5.91 Å². The van der Waals surface area contributed by atoms with Crippen molar-refractivity contribution in [1.82, 2.24) is 15.5 Å². The number of carbonyl (C=O) groups excluding carboxylic acids is 1. The number of halogens is 1. The molecule has 0 aliphatic carbocycles. The Hall–Kier alpha value is -3.22. The van der Waals surface area contributed by atoms with E-state index >= 15 is 0 Å². The molecule has 1 heterocycles. The lowest BCUT2D eigenvalue weighted by atomic mass is 10.1. The Kier molecular flexibility index (Phi) is 6.03. The van der Waals surface area contributed by atoms with Crippen molar-refractivity contribution in [3.8, 4) is 17.2 Å². The summed E-state index contributed by atoms with van der Waals surface area (Å²) in [5.41, 5.74) is 1.60. The van der Waals surface area contributed by atoms with Gasteiger partial charge in [0.25, 0.3) is 11.8 Å². The summed E-state index contributed by atoms with van der Waals surface area (Å²) in [7, 11) is 0. The zero-order valence-electron chi connectivity index (χ0n) is 16.0. The van der Waals surface area contributed by atoms with E-state index in [1.807, 2.05) is 20.8 Å². The number of aromatic nitrogens is 2. The molecule has 0 aliphatic heterocycles. The lowest BCUT2D eigenvalue weighted by molar-refractivity contribution is -0.123. The Morgan fingerprint density at radius 3 is 2.39 bits per heavy atom. The number of nitrogens with zero attached hydrogens (tertiary/aromatic N) is 2. The molecule has 1 unspecified atom stereocenters. The Morgan fingerprint density at radius 1 is 1.11 bits per heavy atom. The average molecular weight is 383 g/mol. The smallest absolute Gasteiger partial charge is 0.258 e. The Balaban J connectivity index is 1.52. The largest absolute Gasteiger partial charge is 0.484 e. The van der Waals surface area contributed by atoms with Crippen molar-refractivity contribution in [2.75, 3.05) is 6.61 Å². The lowest BCUT2D eigenvalue weighted by Gasteiger charge is -2.14. The maximum Gasteiger partial charge on any atom is 0.258 e. The van der Waals surface area contributed by atoms with Crippen molar-refractivity contribution in [3.05, 3.63) is 65.7 Å². The van der Waals surface area contributed by atoms with Crippen LogP contribution in [0, 0.1) is 5.82 Å². The van der Waals surface area contributed by atoms with Crippen LogP contribution in [0.1, 0.15) is 44.1 Å². The van der Waals surface area contributed by atoms with Crippen LogP contribution >= 0.6 is 0 Å². The van der Waals surface area contributed by atoms with E-state index in [9.17, 15) is 9.18 Å². The van der Waals surface area contributed by atoms with E-state index in [4.69, 9.17) is 9.26 Å². The molecule has 0 spiro atoms. The maximum absolute atomic E-state index is 13.0. The minimum Gasteiger partial charge on any atom is -0.484 e. The fraction of sp³-hybridized carbons (Fsp3) is 0.286. The predicted octanol–water partition coefficient (Wildman–Crippen LogP) is 4.26. The third kappa shape index (κ3) is 4.94. The van der Waals surface area contributed by atoms with E-state index in [0.717, 1.165) is 11.1 Å². The fourth-order valence-electron chi connectivity index (χ4n) is 2.55. The average Bonchev–Trinajstić information content (AvgIpc) is 3.18. The monoisotopic (exact) mass is 383 g/mol. The molecule has 1 atom stereocenters. The van der Waals surface area contributed by atoms with Gasteiger partial charge in [0.15, 0.2) is 12.4 Å². The van der Waals surface area contributed by atoms with Gasteiger partial charge in [0, 0.05) is 11.5 Å². The number of ether oxygens (including phenoxy) is 1. The molecule has 0 saturated carbocycles. The molecule has 1 aromatic heterocycles. The van der Waals surface area contributed by atoms with E-state index < -0.39 is 0 Å². The number of benzene rings is 2. The van der Waals surface area contributed by atoms with Gasteiger partial charge in [-0.3, -0.25) is 4.79 Å². The lowest BCUT2D eigenvalue weighted by Crippen LogP contribution is -2.31. The summed E-state index contributed by atoms with van der Waals surface area (Å²) in [6.07, 6.45) is 0. The molecular weight excluding hydrogens is 361 g/mol. The number of rotatable bonds is 7. The first-order chi connectivity index (χ1) is 13.4. The van der Waals surface area contributed by atoms with Gasteiger partial charge in [-0.25, -0.2) is 4.39 Å². The van der Waals surface area contributed by atoms with Gasteiger partial charge < -0.3 is 14.6 Å². The number of nitrogens with one attached hydrogen (secondary N) is 1. The molecular formula is C21H22FN3O3. The molecule has 0 fully saturated rings. The van der Waals surface area contributed by atoms with Crippen LogP contribution in [0.25, 0.3) is 11.5 Å². The highest BCUT2D eigenvalue weighted by atomic mass is 19.1. The fourth-order valence-corrected chi connectivity index (χ4v) is 2.55. The van der Waals surface area contributed by atoms with Gasteiger partial charge in [-0.15, -0.1) is 0 Å². The number of hydrogen-bond acceptors (Lipinski definition) is 5. The Labute approximate surface area is 162 Å². The zero-order valence-corrected chi connectivity index (χ0v) is 16.0. The van der Waals surface area contributed by atoms with Crippen molar-refractivity contribution in [2.45, 2.75) is 32.7 Å². The van der Waals surface area contributed by atoms with Crippen LogP contribution < -0.4 is 10.1 Å². The summed E-state index contributed by atoms with van der Waals surface area (Å²) in [6, 6.07) is 12.8. The van der Waals surface area contributed by atoms with E-state index in [-0.39, 0.29) is 30.3 Å². The summed E-state index contributed by atoms with van der Waals surface area (Å²) in [5, 5.41) is 6.76. The highest BCUT2D eigenvalue weighted by molar-refractivity contribution is 5.78. The molecule has 146 valence electrons. The van der Waals surface area contributed by atoms with Gasteiger partial charge in [-0.05, 0) is 48.9 Å². The van der Waals surface area contributed by atoms with Gasteiger partial charge in [-0.1, -0.05) is 31.1 Å². The summed E-state index contributed by atoms with van der Waals surface area (Å²) in [5.74, 6) is 1.27. The standard InChI is InChI=1S/C21H22FN3O3/c1-13(2)20-24-21(28-25-20)16-6-10-18(11-7-16)27-12-19(26)23-14(3)15-4-8-17(22)9-5-15/h4-11,13-14H,12H2,1-3H3,(H,23,26). The van der Waals surface area contributed by atoms with E-state index in [0.29, 0.717) is 17.5 Å². The van der Waals surface area contributed by atoms with Crippen molar-refractivity contribution in [2.24, 2.45) is 0 Å². The highest BCUT2D eigenvalue weighted by Crippen LogP contribution is 2.22. The van der Waals surface area contributed by atoms with Crippen LogP contribution in [0.3, 0.4) is 0 Å². The van der Waals surface area contributed by atoms with Crippen LogP contribution in [-0.2, 0) is 4.79 Å². The number of hydrogen-bond donors (Lipinski definition) is 1. The molecule has 0 radical (unpaired) electrons. The van der Waals surface area contributed by atoms with Crippen LogP contribution in [-0.4, -0.2) is 22.7 Å². The predicted molar refractivity (Wildman–Crippen MR) is 102 cm³/mol. The molecule has 0 aliphatic rings. The Morgan fingerprint density at radius 2 is 1.79 bits per heavy atom. The van der Waals surface area contributed by atoms with E-state index in [2.05, 4.69) is 15.5 Å². The van der Waals surface area contributed by atoms with E-state index in [1.54, 1.807) is 36.4 Å². The highest BCUT2D eigenvalue weighted by Gasteiger charge is 2.13. The number of carbonyl (C=O) groups is 1. The second-order valence-electron chi connectivity index (χ2n) is 6.77. The SMILES string of the molecule is CC(C)c1noc(-c2ccc(OCC(=O)NC(C)c3ccc(F)cc3)cc2)n1. The third-order valence-electron chi connectivity index (χ3n) is 4.18. The first-order valence-corrected chi connectivity index (χ1v) is 9.04. The third-order valence-corrected chi connectivity index (χ3v) is 4.18. The molecule has 3 aromatic rings. The molecule has 0 bridgehead atoms. The molecule has 28 heavy (non-hydrogen) atoms. The molecule has 1 amide bonds. The second-order valence-corrected chi connectivity index (χ2v) is 6.77. The van der Waals surface area contributed by atoms with Crippen LogP contribution in [0.5, 0.6) is 5.75 Å². The Bertz CT molecular complexity index is 921. The van der Waals surface area contributed by atoms with Crippen molar-refractivity contribution in [3.63, 3.8) is 0 Å². The summed E-state index contributed by atoms with van der Waals surface area (Å²) >= 11 is 0. The molecule has 1 N–H and O–H groups in total. The van der Waals surface area contributed by atoms with Crippen LogP contribution in [0.4, 0.5) is 4.39 Å². The molecule has 7 heteroatoms. The molecule has 2 aromatic carbocycles. The van der Waals surface area contributed by atoms with Gasteiger partial charge >= 0.3 is 0 Å². The van der Waals surface area contributed by atoms with Crippen LogP contribution in [0.2, 0.25) is 0 Å². The van der Waals surface area contributed by atoms with Crippen LogP contribution in [0.15, 0.2) is 53.1 Å². The van der Waals surface area contributed by atoms with Gasteiger partial charge in [-0.2, -0.15) is 4.98 Å². The minimum atomic E-state index is -0.310. The van der Waals surface area contributed by atoms with Gasteiger partial charge in [0.1, 0.15) is 11.6 Å². The second kappa shape index (κ2) is 8.65. The normalized spacial score (nSPS) is 12.0.